The van der Waals surface area contributed by atoms with Crippen molar-refractivity contribution in [1.82, 2.24) is 14.8 Å². The molecule has 0 aliphatic rings. The number of aromatic nitrogens is 3. The number of thiophene rings is 1. The number of nitrogens with zero attached hydrogens (tertiary/aromatic N) is 4. The number of thiazole rings is 1. The Kier molecular flexibility index (Phi) is 3.35. The highest BCUT2D eigenvalue weighted by Gasteiger charge is 2.09. The Hall–Kier alpha value is -1.66. The number of hydrogen-bond donors (Lipinski definition) is 0. The van der Waals surface area contributed by atoms with E-state index in [1.165, 1.54) is 5.56 Å². The van der Waals surface area contributed by atoms with Crippen molar-refractivity contribution in [2.45, 2.75) is 6.54 Å². The zero-order valence-corrected chi connectivity index (χ0v) is 12.4. The Morgan fingerprint density at radius 2 is 2.21 bits per heavy atom. The summed E-state index contributed by atoms with van der Waals surface area (Å²) in [6.07, 6.45) is 1.95. The predicted molar refractivity (Wildman–Crippen MR) is 80.7 cm³/mol. The van der Waals surface area contributed by atoms with Crippen LogP contribution in [0.1, 0.15) is 5.69 Å². The van der Waals surface area contributed by atoms with Crippen molar-refractivity contribution >= 4 is 28.5 Å². The van der Waals surface area contributed by atoms with Crippen molar-refractivity contribution < 1.29 is 0 Å². The molecule has 0 atom stereocenters. The average Bonchev–Trinajstić information content (AvgIpc) is 3.07. The summed E-state index contributed by atoms with van der Waals surface area (Å²) >= 11 is 3.39. The number of aryl methyl sites for hydroxylation is 1. The lowest BCUT2D eigenvalue weighted by atomic mass is 10.3. The van der Waals surface area contributed by atoms with E-state index in [0.29, 0.717) is 0 Å². The number of hydrogen-bond acceptors (Lipinski definition) is 5. The van der Waals surface area contributed by atoms with Gasteiger partial charge in [-0.2, -0.15) is 16.4 Å². The molecule has 6 heteroatoms. The quantitative estimate of drug-likeness (QED) is 0.739. The van der Waals surface area contributed by atoms with Crippen molar-refractivity contribution in [1.29, 1.82) is 0 Å². The summed E-state index contributed by atoms with van der Waals surface area (Å²) < 4.78 is 1.81. The molecular weight excluding hydrogens is 276 g/mol. The first kappa shape index (κ1) is 12.4. The molecular formula is C13H14N4S2. The van der Waals surface area contributed by atoms with Crippen molar-refractivity contribution in [2.24, 2.45) is 7.05 Å². The summed E-state index contributed by atoms with van der Waals surface area (Å²) in [5.74, 6) is 0.965. The van der Waals surface area contributed by atoms with Gasteiger partial charge in [0.15, 0.2) is 5.82 Å². The summed E-state index contributed by atoms with van der Waals surface area (Å²) in [7, 11) is 3.96. The van der Waals surface area contributed by atoms with Crippen molar-refractivity contribution in [2.75, 3.05) is 11.9 Å². The lowest BCUT2D eigenvalue weighted by Crippen LogP contribution is -2.17. The minimum atomic E-state index is 0.775. The van der Waals surface area contributed by atoms with E-state index in [1.54, 1.807) is 22.7 Å². The SMILES string of the molecule is CN(Cc1csc(-c2ccsc2)n1)c1ccn(C)n1. The van der Waals surface area contributed by atoms with Gasteiger partial charge in [-0.15, -0.1) is 11.3 Å². The molecule has 0 aromatic carbocycles. The molecule has 0 saturated heterocycles. The Morgan fingerprint density at radius 1 is 1.32 bits per heavy atom. The van der Waals surface area contributed by atoms with Crippen LogP contribution in [0.2, 0.25) is 0 Å². The van der Waals surface area contributed by atoms with Crippen LogP contribution < -0.4 is 4.90 Å². The lowest BCUT2D eigenvalue weighted by molar-refractivity contribution is 0.750. The minimum absolute atomic E-state index is 0.775. The van der Waals surface area contributed by atoms with E-state index < -0.39 is 0 Å². The summed E-state index contributed by atoms with van der Waals surface area (Å²) in [4.78, 5) is 6.78. The van der Waals surface area contributed by atoms with Crippen molar-refractivity contribution in [3.8, 4) is 10.6 Å². The van der Waals surface area contributed by atoms with Gasteiger partial charge in [0.1, 0.15) is 5.01 Å². The monoisotopic (exact) mass is 290 g/mol. The lowest BCUT2D eigenvalue weighted by Gasteiger charge is -2.14. The molecule has 4 nitrogen and oxygen atoms in total. The molecule has 0 fully saturated rings. The highest BCUT2D eigenvalue weighted by atomic mass is 32.1. The highest BCUT2D eigenvalue weighted by molar-refractivity contribution is 7.14. The molecule has 19 heavy (non-hydrogen) atoms. The van der Waals surface area contributed by atoms with Gasteiger partial charge < -0.3 is 4.90 Å². The molecule has 0 N–H and O–H groups in total. The maximum atomic E-state index is 4.67. The van der Waals surface area contributed by atoms with Gasteiger partial charge in [-0.1, -0.05) is 0 Å². The van der Waals surface area contributed by atoms with Gasteiger partial charge in [-0.3, -0.25) is 4.68 Å². The van der Waals surface area contributed by atoms with Crippen LogP contribution in [0.5, 0.6) is 0 Å². The second-order valence-electron chi connectivity index (χ2n) is 4.36. The van der Waals surface area contributed by atoms with Gasteiger partial charge in [0, 0.05) is 42.7 Å². The zero-order valence-electron chi connectivity index (χ0n) is 10.8. The largest absolute Gasteiger partial charge is 0.352 e. The maximum Gasteiger partial charge on any atom is 0.150 e. The third-order valence-electron chi connectivity index (χ3n) is 2.81. The van der Waals surface area contributed by atoms with Gasteiger partial charge >= 0.3 is 0 Å². The van der Waals surface area contributed by atoms with Gasteiger partial charge in [0.05, 0.1) is 12.2 Å². The van der Waals surface area contributed by atoms with Gasteiger partial charge in [0.2, 0.25) is 0 Å². The van der Waals surface area contributed by atoms with Crippen molar-refractivity contribution in [3.63, 3.8) is 0 Å². The third-order valence-corrected chi connectivity index (χ3v) is 4.43. The van der Waals surface area contributed by atoms with Crippen LogP contribution in [0.3, 0.4) is 0 Å². The van der Waals surface area contributed by atoms with Crippen LogP contribution in [0.25, 0.3) is 10.6 Å². The number of rotatable bonds is 4. The Labute approximate surface area is 120 Å². The van der Waals surface area contributed by atoms with E-state index in [0.717, 1.165) is 23.1 Å². The fourth-order valence-electron chi connectivity index (χ4n) is 1.83. The second kappa shape index (κ2) is 5.14. The first-order chi connectivity index (χ1) is 9.22. The standard InChI is InChI=1S/C13H14N4S2/c1-16(12-3-5-17(2)15-12)7-11-9-19-13(14-11)10-4-6-18-8-10/h3-6,8-9H,7H2,1-2H3. The maximum absolute atomic E-state index is 4.67. The minimum Gasteiger partial charge on any atom is -0.352 e. The molecule has 3 aromatic heterocycles. The second-order valence-corrected chi connectivity index (χ2v) is 6.00. The predicted octanol–water partition coefficient (Wildman–Crippen LogP) is 3.24. The van der Waals surface area contributed by atoms with E-state index >= 15 is 0 Å². The smallest absolute Gasteiger partial charge is 0.150 e. The van der Waals surface area contributed by atoms with E-state index in [9.17, 15) is 0 Å². The molecule has 3 heterocycles. The van der Waals surface area contributed by atoms with E-state index in [4.69, 9.17) is 0 Å². The Bertz CT molecular complexity index is 654. The fourth-order valence-corrected chi connectivity index (χ4v) is 3.35. The molecule has 0 saturated carbocycles. The van der Waals surface area contributed by atoms with Crippen LogP contribution >= 0.6 is 22.7 Å². The summed E-state index contributed by atoms with van der Waals surface area (Å²) in [5.41, 5.74) is 2.29. The molecule has 0 spiro atoms. The highest BCUT2D eigenvalue weighted by Crippen LogP contribution is 2.26. The van der Waals surface area contributed by atoms with Crippen LogP contribution in [-0.2, 0) is 13.6 Å². The fraction of sp³-hybridized carbons (Fsp3) is 0.231. The molecule has 3 aromatic rings. The van der Waals surface area contributed by atoms with Crippen LogP contribution in [0.4, 0.5) is 5.82 Å². The molecule has 0 unspecified atom stereocenters. The van der Waals surface area contributed by atoms with E-state index in [2.05, 4.69) is 37.2 Å². The van der Waals surface area contributed by atoms with Crippen LogP contribution in [0.15, 0.2) is 34.5 Å². The average molecular weight is 290 g/mol. The Balaban J connectivity index is 1.74. The van der Waals surface area contributed by atoms with Gasteiger partial charge in [-0.25, -0.2) is 4.98 Å². The molecule has 98 valence electrons. The summed E-state index contributed by atoms with van der Waals surface area (Å²) in [5, 5.41) is 11.8. The van der Waals surface area contributed by atoms with Crippen LogP contribution in [0, 0.1) is 0 Å². The summed E-state index contributed by atoms with van der Waals surface area (Å²) in [6.45, 7) is 0.775. The summed E-state index contributed by atoms with van der Waals surface area (Å²) in [6, 6.07) is 4.11. The van der Waals surface area contributed by atoms with E-state index in [1.807, 2.05) is 31.0 Å². The van der Waals surface area contributed by atoms with Crippen LogP contribution in [-0.4, -0.2) is 21.8 Å². The number of anilines is 1. The molecule has 0 aliphatic heterocycles. The normalized spacial score (nSPS) is 10.8. The molecule has 0 amide bonds. The Morgan fingerprint density at radius 3 is 2.89 bits per heavy atom. The molecule has 0 aliphatic carbocycles. The first-order valence-corrected chi connectivity index (χ1v) is 7.72. The first-order valence-electron chi connectivity index (χ1n) is 5.90. The van der Waals surface area contributed by atoms with Gasteiger partial charge in [0.25, 0.3) is 0 Å². The molecule has 0 radical (unpaired) electrons. The molecule has 0 bridgehead atoms. The topological polar surface area (TPSA) is 34.0 Å². The molecule has 3 rings (SSSR count). The third kappa shape index (κ3) is 2.69. The zero-order chi connectivity index (χ0) is 13.2. The van der Waals surface area contributed by atoms with Crippen molar-refractivity contribution in [3.05, 3.63) is 40.2 Å². The van der Waals surface area contributed by atoms with E-state index in [-0.39, 0.29) is 0 Å². The van der Waals surface area contributed by atoms with Gasteiger partial charge in [-0.05, 0) is 11.4 Å².